The molecule has 0 aromatic heterocycles. The molecule has 0 fully saturated rings. The molecule has 1 rings (SSSR count). The van der Waals surface area contributed by atoms with E-state index in [2.05, 4.69) is 5.32 Å². The van der Waals surface area contributed by atoms with Crippen molar-refractivity contribution in [2.45, 2.75) is 25.3 Å². The molecule has 4 heteroatoms. The molecule has 0 bridgehead atoms. The Kier molecular flexibility index (Phi) is 7.20. The van der Waals surface area contributed by atoms with Crippen LogP contribution in [0.25, 0.3) is 0 Å². The molecule has 0 heterocycles. The van der Waals surface area contributed by atoms with E-state index in [1.54, 1.807) is 6.08 Å². The molecule has 0 radical (unpaired) electrons. The van der Waals surface area contributed by atoms with Gasteiger partial charge in [0.15, 0.2) is 0 Å². The Morgan fingerprint density at radius 2 is 2.05 bits per heavy atom. The summed E-state index contributed by atoms with van der Waals surface area (Å²) in [6.07, 6.45) is 6.12. The lowest BCUT2D eigenvalue weighted by Gasteiger charge is -2.11. The number of allylic oxidation sites excluding steroid dienone is 1. The number of nitrogens with two attached hydrogens (primary N) is 1. The van der Waals surface area contributed by atoms with Crippen LogP contribution in [0.15, 0.2) is 42.5 Å². The van der Waals surface area contributed by atoms with Crippen molar-refractivity contribution in [2.75, 3.05) is 6.54 Å². The van der Waals surface area contributed by atoms with E-state index in [0.29, 0.717) is 13.0 Å². The second-order valence-electron chi connectivity index (χ2n) is 4.27. The van der Waals surface area contributed by atoms with Crippen molar-refractivity contribution in [3.05, 3.63) is 48.0 Å². The van der Waals surface area contributed by atoms with Gasteiger partial charge in [0.1, 0.15) is 6.29 Å². The van der Waals surface area contributed by atoms with Crippen LogP contribution in [0.3, 0.4) is 0 Å². The number of hydrogen-bond acceptors (Lipinski definition) is 3. The van der Waals surface area contributed by atoms with Crippen LogP contribution in [0.4, 0.5) is 0 Å². The maximum absolute atomic E-state index is 11.6. The Labute approximate surface area is 113 Å². The zero-order valence-electron chi connectivity index (χ0n) is 10.9. The number of rotatable bonds is 8. The summed E-state index contributed by atoms with van der Waals surface area (Å²) in [5.74, 6) is -0.245. The van der Waals surface area contributed by atoms with Gasteiger partial charge in [-0.05, 0) is 37.4 Å². The van der Waals surface area contributed by atoms with Crippen LogP contribution in [-0.4, -0.2) is 24.8 Å². The van der Waals surface area contributed by atoms with E-state index in [-0.39, 0.29) is 5.91 Å². The number of amides is 1. The average molecular weight is 260 g/mol. The van der Waals surface area contributed by atoms with Crippen LogP contribution < -0.4 is 11.1 Å². The predicted molar refractivity (Wildman–Crippen MR) is 75.6 cm³/mol. The highest BCUT2D eigenvalue weighted by Crippen LogP contribution is 2.02. The van der Waals surface area contributed by atoms with E-state index >= 15 is 0 Å². The molecule has 1 aromatic rings. The number of benzene rings is 1. The number of carbonyl (C=O) groups is 2. The van der Waals surface area contributed by atoms with E-state index in [4.69, 9.17) is 5.73 Å². The number of carbonyl (C=O) groups excluding carboxylic acids is 2. The molecule has 0 unspecified atom stereocenters. The minimum absolute atomic E-state index is 0.245. The zero-order valence-corrected chi connectivity index (χ0v) is 10.9. The second kappa shape index (κ2) is 9.05. The SMILES string of the molecule is NCCC/C=C/C(=O)N[C@H](C=O)Cc1ccccc1. The average Bonchev–Trinajstić information content (AvgIpc) is 2.44. The zero-order chi connectivity index (χ0) is 13.9. The van der Waals surface area contributed by atoms with Crippen molar-refractivity contribution in [2.24, 2.45) is 5.73 Å². The fraction of sp³-hybridized carbons (Fsp3) is 0.333. The molecule has 4 nitrogen and oxygen atoms in total. The first-order valence-corrected chi connectivity index (χ1v) is 6.42. The summed E-state index contributed by atoms with van der Waals surface area (Å²) < 4.78 is 0. The van der Waals surface area contributed by atoms with E-state index in [1.807, 2.05) is 30.3 Å². The van der Waals surface area contributed by atoms with Crippen molar-refractivity contribution >= 4 is 12.2 Å². The minimum atomic E-state index is -0.492. The molecule has 19 heavy (non-hydrogen) atoms. The van der Waals surface area contributed by atoms with Crippen molar-refractivity contribution in [1.82, 2.24) is 5.32 Å². The van der Waals surface area contributed by atoms with Crippen LogP contribution in [0.1, 0.15) is 18.4 Å². The van der Waals surface area contributed by atoms with E-state index in [9.17, 15) is 9.59 Å². The summed E-state index contributed by atoms with van der Waals surface area (Å²) in [5.41, 5.74) is 6.37. The first-order chi connectivity index (χ1) is 9.26. The minimum Gasteiger partial charge on any atom is -0.343 e. The third kappa shape index (κ3) is 6.52. The molecule has 1 aromatic carbocycles. The fourth-order valence-corrected chi connectivity index (χ4v) is 1.66. The topological polar surface area (TPSA) is 72.2 Å². The van der Waals surface area contributed by atoms with Crippen LogP contribution in [0.2, 0.25) is 0 Å². The first-order valence-electron chi connectivity index (χ1n) is 6.42. The molecule has 0 saturated carbocycles. The Morgan fingerprint density at radius 1 is 1.32 bits per heavy atom. The largest absolute Gasteiger partial charge is 0.343 e. The molecule has 0 aliphatic rings. The van der Waals surface area contributed by atoms with Crippen molar-refractivity contribution in [1.29, 1.82) is 0 Å². The molecule has 1 amide bonds. The Balaban J connectivity index is 2.42. The van der Waals surface area contributed by atoms with Crippen LogP contribution in [0, 0.1) is 0 Å². The van der Waals surface area contributed by atoms with Crippen LogP contribution >= 0.6 is 0 Å². The number of nitrogens with one attached hydrogen (secondary N) is 1. The van der Waals surface area contributed by atoms with E-state index < -0.39 is 6.04 Å². The van der Waals surface area contributed by atoms with Gasteiger partial charge in [-0.25, -0.2) is 0 Å². The maximum atomic E-state index is 11.6. The molecular formula is C15H20N2O2. The maximum Gasteiger partial charge on any atom is 0.244 e. The Bertz CT molecular complexity index is 415. The van der Waals surface area contributed by atoms with Crippen LogP contribution in [-0.2, 0) is 16.0 Å². The second-order valence-corrected chi connectivity index (χ2v) is 4.27. The number of unbranched alkanes of at least 4 members (excludes halogenated alkanes) is 1. The molecule has 0 aliphatic heterocycles. The van der Waals surface area contributed by atoms with Gasteiger partial charge in [-0.2, -0.15) is 0 Å². The summed E-state index contributed by atoms with van der Waals surface area (Å²) in [4.78, 5) is 22.5. The number of aldehydes is 1. The molecule has 0 saturated heterocycles. The molecule has 102 valence electrons. The summed E-state index contributed by atoms with van der Waals surface area (Å²) in [7, 11) is 0. The highest BCUT2D eigenvalue weighted by Gasteiger charge is 2.09. The van der Waals surface area contributed by atoms with Gasteiger partial charge in [-0.3, -0.25) is 4.79 Å². The Hall–Kier alpha value is -1.94. The van der Waals surface area contributed by atoms with Crippen molar-refractivity contribution in [3.8, 4) is 0 Å². The lowest BCUT2D eigenvalue weighted by Crippen LogP contribution is -2.36. The highest BCUT2D eigenvalue weighted by molar-refractivity contribution is 5.89. The summed E-state index contributed by atoms with van der Waals surface area (Å²) in [5, 5.41) is 2.67. The molecule has 1 atom stereocenters. The normalized spacial score (nSPS) is 12.3. The predicted octanol–water partition coefficient (Wildman–Crippen LogP) is 1.21. The van der Waals surface area contributed by atoms with Crippen molar-refractivity contribution in [3.63, 3.8) is 0 Å². The third-order valence-corrected chi connectivity index (χ3v) is 2.63. The van der Waals surface area contributed by atoms with Gasteiger partial charge in [0.25, 0.3) is 0 Å². The molecular weight excluding hydrogens is 240 g/mol. The van der Waals surface area contributed by atoms with E-state index in [0.717, 1.165) is 24.7 Å². The molecule has 3 N–H and O–H groups in total. The number of hydrogen-bond donors (Lipinski definition) is 2. The lowest BCUT2D eigenvalue weighted by molar-refractivity contribution is -0.120. The van der Waals surface area contributed by atoms with Gasteiger partial charge in [-0.1, -0.05) is 36.4 Å². The summed E-state index contributed by atoms with van der Waals surface area (Å²) in [6.45, 7) is 0.608. The molecule has 0 spiro atoms. The van der Waals surface area contributed by atoms with Gasteiger partial charge in [0.05, 0.1) is 6.04 Å². The van der Waals surface area contributed by atoms with Crippen molar-refractivity contribution < 1.29 is 9.59 Å². The van der Waals surface area contributed by atoms with Gasteiger partial charge in [0.2, 0.25) is 5.91 Å². The van der Waals surface area contributed by atoms with Gasteiger partial charge in [-0.15, -0.1) is 0 Å². The standard InChI is InChI=1S/C15H20N2O2/c16-10-6-2-5-9-15(19)17-14(12-18)11-13-7-3-1-4-8-13/h1,3-5,7-9,12,14H,2,6,10-11,16H2,(H,17,19)/b9-5+/t14-/m0/s1. The van der Waals surface area contributed by atoms with Gasteiger partial charge >= 0.3 is 0 Å². The third-order valence-electron chi connectivity index (χ3n) is 2.63. The van der Waals surface area contributed by atoms with Gasteiger partial charge < -0.3 is 15.8 Å². The van der Waals surface area contributed by atoms with Gasteiger partial charge in [0, 0.05) is 0 Å². The Morgan fingerprint density at radius 3 is 2.68 bits per heavy atom. The summed E-state index contributed by atoms with van der Waals surface area (Å²) >= 11 is 0. The van der Waals surface area contributed by atoms with E-state index in [1.165, 1.54) is 6.08 Å². The first kappa shape index (κ1) is 15.1. The monoisotopic (exact) mass is 260 g/mol. The van der Waals surface area contributed by atoms with Crippen LogP contribution in [0.5, 0.6) is 0 Å². The highest BCUT2D eigenvalue weighted by atomic mass is 16.2. The smallest absolute Gasteiger partial charge is 0.244 e. The lowest BCUT2D eigenvalue weighted by atomic mass is 10.1. The molecule has 0 aliphatic carbocycles. The summed E-state index contributed by atoms with van der Waals surface area (Å²) in [6, 6.07) is 9.10. The fourth-order valence-electron chi connectivity index (χ4n) is 1.66. The quantitative estimate of drug-likeness (QED) is 0.419.